The molecule has 0 bridgehead atoms. The molecule has 13 atom stereocenters. The molecule has 1 saturated heterocycles. The molecule has 5 aliphatic carbocycles. The van der Waals surface area contributed by atoms with Gasteiger partial charge in [-0.2, -0.15) is 0 Å². The topological polar surface area (TPSA) is 55.8 Å². The van der Waals surface area contributed by atoms with Gasteiger partial charge in [-0.05, 0) is 108 Å². The Morgan fingerprint density at radius 2 is 1.61 bits per heavy atom. The van der Waals surface area contributed by atoms with Crippen LogP contribution in [-0.4, -0.2) is 35.5 Å². The lowest BCUT2D eigenvalue weighted by atomic mass is 9.41. The second-order valence-corrected chi connectivity index (χ2v) is 17.3. The molecule has 0 aromatic rings. The van der Waals surface area contributed by atoms with Crippen LogP contribution < -0.4 is 0 Å². The standard InChI is InChI=1S/C34H56O4/c1-19-17-22(28(29(4,5)6)37-21(3)35)38-27-20(2)32(10)24-12-11-23-30(7,8)25(36)13-14-33(23)18-34(24,33)16-15-31(32,9)26(19)27/h19-20,22-28,36H,11-18H2,1-10H3/t19-,20+,22-,23-,24+,25?,26+,27-,28+,31-,32+,33-,34+/m1/s1. The molecule has 4 nitrogen and oxygen atoms in total. The van der Waals surface area contributed by atoms with E-state index < -0.39 is 0 Å². The van der Waals surface area contributed by atoms with Crippen LogP contribution in [0.4, 0.5) is 0 Å². The van der Waals surface area contributed by atoms with Crippen molar-refractivity contribution in [2.45, 2.75) is 145 Å². The zero-order valence-corrected chi connectivity index (χ0v) is 26.0. The Labute approximate surface area is 232 Å². The van der Waals surface area contributed by atoms with Crippen LogP contribution in [0.25, 0.3) is 0 Å². The average molecular weight is 529 g/mol. The fourth-order valence-electron chi connectivity index (χ4n) is 13.0. The number of carbonyl (C=O) groups excluding carboxylic acids is 1. The Kier molecular flexibility index (Phi) is 5.81. The minimum Gasteiger partial charge on any atom is -0.459 e. The summed E-state index contributed by atoms with van der Waals surface area (Å²) < 4.78 is 13.1. The molecule has 6 fully saturated rings. The van der Waals surface area contributed by atoms with Crippen LogP contribution in [0, 0.1) is 62.1 Å². The van der Waals surface area contributed by atoms with Gasteiger partial charge in [0.2, 0.25) is 0 Å². The van der Waals surface area contributed by atoms with E-state index in [0.717, 1.165) is 18.8 Å². The maximum Gasteiger partial charge on any atom is 0.303 e. The summed E-state index contributed by atoms with van der Waals surface area (Å²) in [5.74, 6) is 2.81. The van der Waals surface area contributed by atoms with Gasteiger partial charge in [-0.15, -0.1) is 0 Å². The van der Waals surface area contributed by atoms with Gasteiger partial charge < -0.3 is 14.6 Å². The summed E-state index contributed by atoms with van der Waals surface area (Å²) >= 11 is 0. The van der Waals surface area contributed by atoms with Crippen molar-refractivity contribution in [2.24, 2.45) is 62.1 Å². The molecule has 38 heavy (non-hydrogen) atoms. The first-order chi connectivity index (χ1) is 17.5. The summed E-state index contributed by atoms with van der Waals surface area (Å²) in [4.78, 5) is 12.1. The highest BCUT2D eigenvalue weighted by Crippen LogP contribution is 2.89. The van der Waals surface area contributed by atoms with Gasteiger partial charge in [-0.1, -0.05) is 62.3 Å². The van der Waals surface area contributed by atoms with Crippen molar-refractivity contribution in [1.29, 1.82) is 0 Å². The Balaban J connectivity index is 1.35. The van der Waals surface area contributed by atoms with E-state index in [0.29, 0.717) is 34.5 Å². The van der Waals surface area contributed by atoms with Crippen LogP contribution in [0.1, 0.15) is 121 Å². The first kappa shape index (κ1) is 27.6. The molecule has 6 aliphatic rings. The number of aliphatic hydroxyl groups is 1. The van der Waals surface area contributed by atoms with Gasteiger partial charge in [0.25, 0.3) is 0 Å². The number of rotatable bonds is 2. The van der Waals surface area contributed by atoms with Crippen LogP contribution in [0.15, 0.2) is 0 Å². The molecule has 0 aromatic heterocycles. The lowest BCUT2D eigenvalue weighted by molar-refractivity contribution is -0.198. The third kappa shape index (κ3) is 3.14. The van der Waals surface area contributed by atoms with Crippen molar-refractivity contribution in [3.8, 4) is 0 Å². The summed E-state index contributed by atoms with van der Waals surface area (Å²) in [6.45, 7) is 23.1. The van der Waals surface area contributed by atoms with Gasteiger partial charge >= 0.3 is 5.97 Å². The maximum absolute atomic E-state index is 12.1. The minimum absolute atomic E-state index is 0.0349. The lowest BCUT2D eigenvalue weighted by Gasteiger charge is -2.64. The average Bonchev–Trinajstić information content (AvgIpc) is 3.44. The number of fused-ring (bicyclic) bond motifs is 4. The Hall–Kier alpha value is -0.610. The van der Waals surface area contributed by atoms with Gasteiger partial charge in [-0.3, -0.25) is 4.79 Å². The largest absolute Gasteiger partial charge is 0.459 e. The maximum atomic E-state index is 12.1. The highest BCUT2D eigenvalue weighted by atomic mass is 16.6. The van der Waals surface area contributed by atoms with Crippen molar-refractivity contribution >= 4 is 5.97 Å². The van der Waals surface area contributed by atoms with Gasteiger partial charge in [0.05, 0.1) is 18.3 Å². The number of hydrogen-bond donors (Lipinski definition) is 1. The first-order valence-electron chi connectivity index (χ1n) is 16.0. The Morgan fingerprint density at radius 1 is 0.974 bits per heavy atom. The quantitative estimate of drug-likeness (QED) is 0.379. The van der Waals surface area contributed by atoms with E-state index in [2.05, 4.69) is 62.3 Å². The minimum atomic E-state index is -0.219. The SMILES string of the molecule is CC(=O)O[C@@H]([C@H]1C[C@@H](C)[C@H]2[C@H](O1)[C@H](C)[C@@]1(C)[C@@H]3CC[C@@H]4C(C)(C)C(O)CC[C@@]45C[C@@]35CC[C@]21C)C(C)(C)C. The van der Waals surface area contributed by atoms with Crippen LogP contribution in [0.5, 0.6) is 0 Å². The van der Waals surface area contributed by atoms with E-state index in [1.165, 1.54) is 45.4 Å². The number of carbonyl (C=O) groups is 1. The molecule has 1 unspecified atom stereocenters. The van der Waals surface area contributed by atoms with Crippen molar-refractivity contribution in [2.75, 3.05) is 0 Å². The van der Waals surface area contributed by atoms with Crippen LogP contribution in [0.2, 0.25) is 0 Å². The zero-order chi connectivity index (χ0) is 27.8. The van der Waals surface area contributed by atoms with E-state index in [1.807, 2.05) is 0 Å². The van der Waals surface area contributed by atoms with Crippen molar-refractivity contribution in [1.82, 2.24) is 0 Å². The normalized spacial score (nSPS) is 55.4. The third-order valence-corrected chi connectivity index (χ3v) is 14.8. The molecule has 216 valence electrons. The molecular formula is C34H56O4. The molecule has 6 rings (SSSR count). The molecule has 5 saturated carbocycles. The van der Waals surface area contributed by atoms with Crippen LogP contribution in [-0.2, 0) is 14.3 Å². The van der Waals surface area contributed by atoms with Crippen molar-refractivity contribution in [3.63, 3.8) is 0 Å². The van der Waals surface area contributed by atoms with E-state index in [4.69, 9.17) is 9.47 Å². The van der Waals surface area contributed by atoms with Crippen LogP contribution >= 0.6 is 0 Å². The number of aliphatic hydroxyl groups excluding tert-OH is 1. The predicted molar refractivity (Wildman–Crippen MR) is 150 cm³/mol. The number of hydrogen-bond acceptors (Lipinski definition) is 4. The Bertz CT molecular complexity index is 997. The smallest absolute Gasteiger partial charge is 0.303 e. The molecule has 1 aliphatic heterocycles. The summed E-state index contributed by atoms with van der Waals surface area (Å²) in [5, 5.41) is 11.0. The molecule has 0 amide bonds. The summed E-state index contributed by atoms with van der Waals surface area (Å²) in [7, 11) is 0. The van der Waals surface area contributed by atoms with Gasteiger partial charge in [0.1, 0.15) is 6.10 Å². The fourth-order valence-corrected chi connectivity index (χ4v) is 13.0. The molecule has 4 heteroatoms. The molecule has 0 radical (unpaired) electrons. The second-order valence-electron chi connectivity index (χ2n) is 17.3. The van der Waals surface area contributed by atoms with E-state index in [9.17, 15) is 9.90 Å². The van der Waals surface area contributed by atoms with Crippen molar-refractivity contribution < 1.29 is 19.4 Å². The van der Waals surface area contributed by atoms with Gasteiger partial charge in [-0.25, -0.2) is 0 Å². The lowest BCUT2D eigenvalue weighted by Crippen LogP contribution is -2.58. The summed E-state index contributed by atoms with van der Waals surface area (Å²) in [5.41, 5.74) is 1.32. The molecule has 2 spiro atoms. The van der Waals surface area contributed by atoms with E-state index >= 15 is 0 Å². The van der Waals surface area contributed by atoms with Crippen molar-refractivity contribution in [3.05, 3.63) is 0 Å². The fraction of sp³-hybridized carbons (Fsp3) is 0.971. The molecule has 1 N–H and O–H groups in total. The highest BCUT2D eigenvalue weighted by Gasteiger charge is 2.84. The monoisotopic (exact) mass is 528 g/mol. The first-order valence-corrected chi connectivity index (χ1v) is 16.0. The molecule has 1 heterocycles. The highest BCUT2D eigenvalue weighted by molar-refractivity contribution is 5.66. The molecular weight excluding hydrogens is 472 g/mol. The number of esters is 1. The molecule has 0 aromatic carbocycles. The summed E-state index contributed by atoms with van der Waals surface area (Å²) in [6, 6.07) is 0. The summed E-state index contributed by atoms with van der Waals surface area (Å²) in [6.07, 6.45) is 9.69. The van der Waals surface area contributed by atoms with Gasteiger partial charge in [0, 0.05) is 12.3 Å². The van der Waals surface area contributed by atoms with E-state index in [-0.39, 0.29) is 52.0 Å². The third-order valence-electron chi connectivity index (χ3n) is 14.8. The van der Waals surface area contributed by atoms with Crippen LogP contribution in [0.3, 0.4) is 0 Å². The van der Waals surface area contributed by atoms with Gasteiger partial charge in [0.15, 0.2) is 0 Å². The van der Waals surface area contributed by atoms with E-state index in [1.54, 1.807) is 0 Å². The predicted octanol–water partition coefficient (Wildman–Crippen LogP) is 7.41. The Morgan fingerprint density at radius 3 is 2.24 bits per heavy atom. The zero-order valence-electron chi connectivity index (χ0n) is 26.0. The second kappa shape index (κ2) is 8.02. The number of ether oxygens (including phenoxy) is 2.